The van der Waals surface area contributed by atoms with Crippen LogP contribution in [0.3, 0.4) is 0 Å². The Bertz CT molecular complexity index is 1170. The third-order valence-corrected chi connectivity index (χ3v) is 8.40. The normalized spacial score (nSPS) is 18.5. The van der Waals surface area contributed by atoms with Crippen LogP contribution in [0.5, 0.6) is 0 Å². The predicted molar refractivity (Wildman–Crippen MR) is 147 cm³/mol. The van der Waals surface area contributed by atoms with Crippen LogP contribution in [-0.2, 0) is 19.4 Å². The van der Waals surface area contributed by atoms with E-state index in [0.29, 0.717) is 23.8 Å². The SMILES string of the molecule is CN(C(=O)c1ncc(CCc2ccccc2)s1)C1CC(=N)N(c2ccc(CN3CCCCC3)cc2)C1. The number of rotatable bonds is 8. The number of anilines is 1. The van der Waals surface area contributed by atoms with E-state index in [1.54, 1.807) is 4.90 Å². The zero-order valence-electron chi connectivity index (χ0n) is 21.0. The van der Waals surface area contributed by atoms with Crippen molar-refractivity contribution in [2.24, 2.45) is 0 Å². The van der Waals surface area contributed by atoms with Crippen molar-refractivity contribution in [3.05, 3.63) is 81.8 Å². The summed E-state index contributed by atoms with van der Waals surface area (Å²) in [6, 6.07) is 19.0. The fourth-order valence-electron chi connectivity index (χ4n) is 5.15. The maximum absolute atomic E-state index is 13.2. The van der Waals surface area contributed by atoms with Gasteiger partial charge in [-0.3, -0.25) is 15.1 Å². The van der Waals surface area contributed by atoms with Crippen LogP contribution >= 0.6 is 11.3 Å². The molecule has 188 valence electrons. The highest BCUT2D eigenvalue weighted by atomic mass is 32.1. The number of piperidine rings is 1. The second-order valence-corrected chi connectivity index (χ2v) is 11.1. The molecule has 1 unspecified atom stereocenters. The van der Waals surface area contributed by atoms with E-state index in [2.05, 4.69) is 58.4 Å². The molecule has 2 saturated heterocycles. The lowest BCUT2D eigenvalue weighted by Crippen LogP contribution is -2.39. The highest BCUT2D eigenvalue weighted by Crippen LogP contribution is 2.27. The second-order valence-electron chi connectivity index (χ2n) is 9.95. The summed E-state index contributed by atoms with van der Waals surface area (Å²) in [6.45, 7) is 4.01. The van der Waals surface area contributed by atoms with E-state index < -0.39 is 0 Å². The molecule has 2 aromatic carbocycles. The molecular weight excluding hydrogens is 466 g/mol. The fraction of sp³-hybridized carbons (Fsp3) is 0.414. The standard InChI is InChI=1S/C29H35N5OS/c1-32(29(35)28-31-19-26(36-28)15-12-22-8-4-2-5-9-22)25-18-27(30)34(21-25)24-13-10-23(11-14-24)20-33-16-6-3-7-17-33/h2,4-5,8-11,13-14,19,25,30H,3,6-7,12,15-18,20-21H2,1H3. The number of aromatic nitrogens is 1. The third-order valence-electron chi connectivity index (χ3n) is 7.36. The number of amides is 1. The number of likely N-dealkylation sites (N-methyl/N-ethyl adjacent to an activating group) is 1. The number of thiazole rings is 1. The monoisotopic (exact) mass is 501 g/mol. The summed E-state index contributed by atoms with van der Waals surface area (Å²) in [4.78, 5) is 25.1. The molecule has 3 aromatic rings. The highest BCUT2D eigenvalue weighted by molar-refractivity contribution is 7.13. The molecule has 1 aromatic heterocycles. The van der Waals surface area contributed by atoms with Crippen LogP contribution < -0.4 is 4.90 Å². The van der Waals surface area contributed by atoms with Crippen molar-refractivity contribution in [1.29, 1.82) is 5.41 Å². The average Bonchev–Trinajstić information content (AvgIpc) is 3.55. The van der Waals surface area contributed by atoms with Gasteiger partial charge >= 0.3 is 0 Å². The van der Waals surface area contributed by atoms with E-state index >= 15 is 0 Å². The van der Waals surface area contributed by atoms with Gasteiger partial charge in [0.05, 0.1) is 6.04 Å². The number of nitrogens with zero attached hydrogens (tertiary/aromatic N) is 4. The molecule has 2 fully saturated rings. The van der Waals surface area contributed by atoms with Gasteiger partial charge in [-0.25, -0.2) is 4.98 Å². The molecule has 2 aliphatic heterocycles. The van der Waals surface area contributed by atoms with Crippen LogP contribution in [0.2, 0.25) is 0 Å². The number of amidine groups is 1. The number of aryl methyl sites for hydroxylation is 2. The first-order chi connectivity index (χ1) is 17.6. The Balaban J connectivity index is 1.16. The lowest BCUT2D eigenvalue weighted by atomic mass is 10.1. The molecule has 0 spiro atoms. The Morgan fingerprint density at radius 1 is 1.03 bits per heavy atom. The Hall–Kier alpha value is -3.03. The fourth-order valence-corrected chi connectivity index (χ4v) is 6.04. The molecule has 36 heavy (non-hydrogen) atoms. The van der Waals surface area contributed by atoms with E-state index in [4.69, 9.17) is 5.41 Å². The van der Waals surface area contributed by atoms with Crippen LogP contribution in [0.15, 0.2) is 60.8 Å². The molecule has 0 aliphatic carbocycles. The lowest BCUT2D eigenvalue weighted by Gasteiger charge is -2.27. The Morgan fingerprint density at radius 3 is 2.53 bits per heavy atom. The van der Waals surface area contributed by atoms with Gasteiger partial charge in [-0.2, -0.15) is 0 Å². The van der Waals surface area contributed by atoms with E-state index in [0.717, 1.165) is 30.0 Å². The van der Waals surface area contributed by atoms with Gasteiger partial charge in [-0.05, 0) is 62.0 Å². The van der Waals surface area contributed by atoms with Gasteiger partial charge < -0.3 is 9.80 Å². The predicted octanol–water partition coefficient (Wildman–Crippen LogP) is 5.24. The van der Waals surface area contributed by atoms with Gasteiger partial charge in [0.15, 0.2) is 5.01 Å². The summed E-state index contributed by atoms with van der Waals surface area (Å²) in [5, 5.41) is 9.11. The van der Waals surface area contributed by atoms with Crippen LogP contribution in [0.1, 0.15) is 51.5 Å². The first kappa shape index (κ1) is 24.7. The van der Waals surface area contributed by atoms with Crippen LogP contribution in [0.4, 0.5) is 5.69 Å². The van der Waals surface area contributed by atoms with Crippen LogP contribution in [-0.4, -0.2) is 59.3 Å². The summed E-state index contributed by atoms with van der Waals surface area (Å²) < 4.78 is 0. The Kier molecular flexibility index (Phi) is 7.78. The van der Waals surface area contributed by atoms with Gasteiger partial charge in [0, 0.05) is 43.3 Å². The number of likely N-dealkylation sites (tertiary alicyclic amines) is 1. The quantitative estimate of drug-likeness (QED) is 0.458. The molecule has 0 bridgehead atoms. The van der Waals surface area contributed by atoms with Crippen molar-refractivity contribution in [3.63, 3.8) is 0 Å². The summed E-state index contributed by atoms with van der Waals surface area (Å²) in [7, 11) is 1.84. The molecule has 0 radical (unpaired) electrons. The van der Waals surface area contributed by atoms with Crippen molar-refractivity contribution in [2.45, 2.75) is 51.1 Å². The molecule has 6 nitrogen and oxygen atoms in total. The minimum atomic E-state index is -0.0532. The van der Waals surface area contributed by atoms with Crippen molar-refractivity contribution in [1.82, 2.24) is 14.8 Å². The summed E-state index contributed by atoms with van der Waals surface area (Å²) in [6.07, 6.45) is 8.17. The average molecular weight is 502 g/mol. The number of hydrogen-bond donors (Lipinski definition) is 1. The van der Waals surface area contributed by atoms with Gasteiger partial charge in [0.1, 0.15) is 5.84 Å². The van der Waals surface area contributed by atoms with E-state index in [9.17, 15) is 4.79 Å². The summed E-state index contributed by atoms with van der Waals surface area (Å²) in [5.74, 6) is 0.508. The van der Waals surface area contributed by atoms with Crippen LogP contribution in [0, 0.1) is 5.41 Å². The first-order valence-corrected chi connectivity index (χ1v) is 13.8. The molecule has 0 saturated carbocycles. The molecule has 3 heterocycles. The van der Waals surface area contributed by atoms with Gasteiger partial charge in [-0.1, -0.05) is 48.9 Å². The molecule has 1 amide bonds. The molecule has 7 heteroatoms. The number of nitrogens with one attached hydrogen (secondary N) is 1. The second kappa shape index (κ2) is 11.4. The van der Waals surface area contributed by atoms with E-state index in [1.165, 1.54) is 54.8 Å². The topological polar surface area (TPSA) is 63.5 Å². The van der Waals surface area contributed by atoms with E-state index in [-0.39, 0.29) is 11.9 Å². The third kappa shape index (κ3) is 5.85. The van der Waals surface area contributed by atoms with Crippen molar-refractivity contribution in [2.75, 3.05) is 31.6 Å². The number of benzene rings is 2. The van der Waals surface area contributed by atoms with E-state index in [1.807, 2.05) is 24.2 Å². The highest BCUT2D eigenvalue weighted by Gasteiger charge is 2.33. The molecule has 1 atom stereocenters. The maximum Gasteiger partial charge on any atom is 0.282 e. The zero-order chi connectivity index (χ0) is 24.9. The van der Waals surface area contributed by atoms with Crippen molar-refractivity contribution >= 4 is 28.8 Å². The lowest BCUT2D eigenvalue weighted by molar-refractivity contribution is 0.0747. The van der Waals surface area contributed by atoms with Gasteiger partial charge in [0.25, 0.3) is 5.91 Å². The maximum atomic E-state index is 13.2. The minimum absolute atomic E-state index is 0.0327. The first-order valence-electron chi connectivity index (χ1n) is 13.0. The molecule has 5 rings (SSSR count). The molecule has 2 aliphatic rings. The summed E-state index contributed by atoms with van der Waals surface area (Å²) in [5.41, 5.74) is 3.64. The molecule has 1 N–H and O–H groups in total. The number of carbonyl (C=O) groups is 1. The number of hydrogen-bond acceptors (Lipinski definition) is 5. The largest absolute Gasteiger partial charge is 0.334 e. The van der Waals surface area contributed by atoms with Gasteiger partial charge in [-0.15, -0.1) is 11.3 Å². The van der Waals surface area contributed by atoms with Crippen molar-refractivity contribution < 1.29 is 4.79 Å². The summed E-state index contributed by atoms with van der Waals surface area (Å²) >= 11 is 1.49. The minimum Gasteiger partial charge on any atom is -0.334 e. The number of carbonyl (C=O) groups excluding carboxylic acids is 1. The zero-order valence-corrected chi connectivity index (χ0v) is 21.8. The molecular formula is C29H35N5OS. The smallest absolute Gasteiger partial charge is 0.282 e. The Morgan fingerprint density at radius 2 is 1.78 bits per heavy atom. The van der Waals surface area contributed by atoms with Gasteiger partial charge in [0.2, 0.25) is 0 Å². The van der Waals surface area contributed by atoms with Crippen LogP contribution in [0.25, 0.3) is 0 Å². The Labute approximate surface area is 218 Å². The van der Waals surface area contributed by atoms with Crippen molar-refractivity contribution in [3.8, 4) is 0 Å².